The maximum atomic E-state index is 11.6. The summed E-state index contributed by atoms with van der Waals surface area (Å²) in [4.78, 5) is 11.6. The Morgan fingerprint density at radius 2 is 2.11 bits per heavy atom. The van der Waals surface area contributed by atoms with Gasteiger partial charge in [-0.15, -0.1) is 12.4 Å². The first-order valence-electron chi connectivity index (χ1n) is 6.40. The number of hydrogen-bond acceptors (Lipinski definition) is 4. The zero-order valence-electron chi connectivity index (χ0n) is 12.1. The Kier molecular flexibility index (Phi) is 8.43. The average molecular weight is 290 g/mol. The van der Waals surface area contributed by atoms with E-state index in [4.69, 9.17) is 4.52 Å². The minimum atomic E-state index is 0. The van der Waals surface area contributed by atoms with Crippen molar-refractivity contribution in [3.05, 3.63) is 17.0 Å². The van der Waals surface area contributed by atoms with E-state index < -0.39 is 0 Å². The average Bonchev–Trinajstić information content (AvgIpc) is 2.61. The summed E-state index contributed by atoms with van der Waals surface area (Å²) in [5.41, 5.74) is 2.00. The molecule has 1 rings (SSSR count). The lowest BCUT2D eigenvalue weighted by molar-refractivity contribution is -0.121. The molecule has 0 aromatic carbocycles. The van der Waals surface area contributed by atoms with E-state index in [9.17, 15) is 4.79 Å². The van der Waals surface area contributed by atoms with Crippen LogP contribution in [0.1, 0.15) is 36.8 Å². The lowest BCUT2D eigenvalue weighted by Crippen LogP contribution is -2.34. The summed E-state index contributed by atoms with van der Waals surface area (Å²) in [6.45, 7) is 6.69. The molecule has 110 valence electrons. The number of carbonyl (C=O) groups excluding carboxylic acids is 1. The van der Waals surface area contributed by atoms with Crippen molar-refractivity contribution in [2.75, 3.05) is 13.6 Å². The van der Waals surface area contributed by atoms with Crippen molar-refractivity contribution in [2.45, 2.75) is 46.1 Å². The zero-order valence-corrected chi connectivity index (χ0v) is 12.9. The Morgan fingerprint density at radius 3 is 2.63 bits per heavy atom. The third-order valence-corrected chi connectivity index (χ3v) is 2.93. The highest BCUT2D eigenvalue weighted by atomic mass is 35.5. The predicted molar refractivity (Wildman–Crippen MR) is 77.7 cm³/mol. The van der Waals surface area contributed by atoms with Crippen molar-refractivity contribution in [1.29, 1.82) is 0 Å². The molecule has 0 spiro atoms. The SMILES string of the molecule is CNCCCC(=O)NC(C)Cc1c(C)noc1C.Cl. The number of nitrogens with zero attached hydrogens (tertiary/aromatic N) is 1. The second-order valence-electron chi connectivity index (χ2n) is 4.68. The molecule has 0 aliphatic carbocycles. The number of rotatable bonds is 7. The molecule has 1 atom stereocenters. The number of aryl methyl sites for hydroxylation is 2. The van der Waals surface area contributed by atoms with Gasteiger partial charge in [0.05, 0.1) is 5.69 Å². The van der Waals surface area contributed by atoms with Gasteiger partial charge in [0.1, 0.15) is 5.76 Å². The number of halogens is 1. The highest BCUT2D eigenvalue weighted by molar-refractivity contribution is 5.85. The molecule has 0 saturated carbocycles. The summed E-state index contributed by atoms with van der Waals surface area (Å²) < 4.78 is 5.11. The topological polar surface area (TPSA) is 67.2 Å². The summed E-state index contributed by atoms with van der Waals surface area (Å²) in [5, 5.41) is 9.94. The molecule has 0 bridgehead atoms. The van der Waals surface area contributed by atoms with Gasteiger partial charge in [-0.3, -0.25) is 4.79 Å². The first kappa shape index (κ1) is 17.9. The molecule has 0 fully saturated rings. The van der Waals surface area contributed by atoms with Gasteiger partial charge in [0.2, 0.25) is 5.91 Å². The van der Waals surface area contributed by atoms with Gasteiger partial charge >= 0.3 is 0 Å². The van der Waals surface area contributed by atoms with Crippen molar-refractivity contribution in [1.82, 2.24) is 15.8 Å². The van der Waals surface area contributed by atoms with Gasteiger partial charge in [-0.1, -0.05) is 5.16 Å². The van der Waals surface area contributed by atoms with Crippen LogP contribution in [0, 0.1) is 13.8 Å². The Morgan fingerprint density at radius 1 is 1.42 bits per heavy atom. The van der Waals surface area contributed by atoms with E-state index in [0.29, 0.717) is 6.42 Å². The second-order valence-corrected chi connectivity index (χ2v) is 4.68. The maximum Gasteiger partial charge on any atom is 0.220 e. The molecule has 1 amide bonds. The van der Waals surface area contributed by atoms with E-state index in [0.717, 1.165) is 36.4 Å². The number of carbonyl (C=O) groups is 1. The molecule has 0 saturated heterocycles. The van der Waals surface area contributed by atoms with Crippen molar-refractivity contribution >= 4 is 18.3 Å². The fraction of sp³-hybridized carbons (Fsp3) is 0.692. The molecule has 0 radical (unpaired) electrons. The molecule has 19 heavy (non-hydrogen) atoms. The van der Waals surface area contributed by atoms with Gasteiger partial charge in [0.25, 0.3) is 0 Å². The van der Waals surface area contributed by atoms with Crippen LogP contribution >= 0.6 is 12.4 Å². The van der Waals surface area contributed by atoms with E-state index >= 15 is 0 Å². The van der Waals surface area contributed by atoms with Crippen LogP contribution in [0.5, 0.6) is 0 Å². The van der Waals surface area contributed by atoms with Crippen LogP contribution in [0.25, 0.3) is 0 Å². The van der Waals surface area contributed by atoms with Crippen LogP contribution in [0.2, 0.25) is 0 Å². The summed E-state index contributed by atoms with van der Waals surface area (Å²) >= 11 is 0. The Hall–Kier alpha value is -1.07. The van der Waals surface area contributed by atoms with Crippen molar-refractivity contribution in [3.8, 4) is 0 Å². The highest BCUT2D eigenvalue weighted by Gasteiger charge is 2.14. The molecule has 2 N–H and O–H groups in total. The van der Waals surface area contributed by atoms with Crippen LogP contribution in [0.3, 0.4) is 0 Å². The maximum absolute atomic E-state index is 11.6. The fourth-order valence-corrected chi connectivity index (χ4v) is 1.92. The van der Waals surface area contributed by atoms with E-state index in [-0.39, 0.29) is 24.4 Å². The van der Waals surface area contributed by atoms with Crippen LogP contribution < -0.4 is 10.6 Å². The predicted octanol–water partition coefficient (Wildman–Crippen LogP) is 1.76. The quantitative estimate of drug-likeness (QED) is 0.751. The van der Waals surface area contributed by atoms with Gasteiger partial charge in [-0.05, 0) is 47.2 Å². The van der Waals surface area contributed by atoms with Gasteiger partial charge in [-0.25, -0.2) is 0 Å². The molecule has 1 heterocycles. The molecular weight excluding hydrogens is 266 g/mol. The number of aromatic nitrogens is 1. The second kappa shape index (κ2) is 8.93. The lowest BCUT2D eigenvalue weighted by Gasteiger charge is -2.13. The van der Waals surface area contributed by atoms with E-state index in [2.05, 4.69) is 15.8 Å². The normalized spacial score (nSPS) is 11.8. The first-order chi connectivity index (χ1) is 8.54. The van der Waals surface area contributed by atoms with Gasteiger partial charge in [-0.2, -0.15) is 0 Å². The molecule has 1 aromatic rings. The Balaban J connectivity index is 0.00000324. The Bertz CT molecular complexity index is 374. The van der Waals surface area contributed by atoms with Gasteiger partial charge < -0.3 is 15.2 Å². The van der Waals surface area contributed by atoms with E-state index in [1.807, 2.05) is 27.8 Å². The molecule has 5 nitrogen and oxygen atoms in total. The third-order valence-electron chi connectivity index (χ3n) is 2.93. The fourth-order valence-electron chi connectivity index (χ4n) is 1.92. The van der Waals surface area contributed by atoms with Crippen molar-refractivity contribution in [2.24, 2.45) is 0 Å². The summed E-state index contributed by atoms with van der Waals surface area (Å²) in [5.74, 6) is 0.938. The monoisotopic (exact) mass is 289 g/mol. The summed E-state index contributed by atoms with van der Waals surface area (Å²) in [7, 11) is 1.89. The van der Waals surface area contributed by atoms with Gasteiger partial charge in [0.15, 0.2) is 0 Å². The molecular formula is C13H24ClN3O2. The molecule has 6 heteroatoms. The standard InChI is InChI=1S/C13H23N3O2.ClH/c1-9(15-13(17)6-5-7-14-4)8-12-10(2)16-18-11(12)3;/h9,14H,5-8H2,1-4H3,(H,15,17);1H. The van der Waals surface area contributed by atoms with E-state index in [1.54, 1.807) is 0 Å². The van der Waals surface area contributed by atoms with Crippen molar-refractivity contribution < 1.29 is 9.32 Å². The molecule has 0 aliphatic rings. The first-order valence-corrected chi connectivity index (χ1v) is 6.40. The van der Waals surface area contributed by atoms with Crippen LogP contribution in [0.15, 0.2) is 4.52 Å². The van der Waals surface area contributed by atoms with Crippen molar-refractivity contribution in [3.63, 3.8) is 0 Å². The summed E-state index contributed by atoms with van der Waals surface area (Å²) in [6, 6.07) is 0.101. The Labute approximate surface area is 120 Å². The molecule has 1 aromatic heterocycles. The number of nitrogens with one attached hydrogen (secondary N) is 2. The zero-order chi connectivity index (χ0) is 13.5. The smallest absolute Gasteiger partial charge is 0.220 e. The minimum absolute atomic E-state index is 0. The number of hydrogen-bond donors (Lipinski definition) is 2. The largest absolute Gasteiger partial charge is 0.361 e. The van der Waals surface area contributed by atoms with Crippen LogP contribution in [-0.4, -0.2) is 30.7 Å². The molecule has 1 unspecified atom stereocenters. The van der Waals surface area contributed by atoms with Gasteiger partial charge in [0, 0.05) is 18.0 Å². The summed E-state index contributed by atoms with van der Waals surface area (Å²) in [6.07, 6.45) is 2.19. The third kappa shape index (κ3) is 6.07. The minimum Gasteiger partial charge on any atom is -0.361 e. The van der Waals surface area contributed by atoms with Crippen LogP contribution in [0.4, 0.5) is 0 Å². The van der Waals surface area contributed by atoms with Crippen LogP contribution in [-0.2, 0) is 11.2 Å². The highest BCUT2D eigenvalue weighted by Crippen LogP contribution is 2.14. The lowest BCUT2D eigenvalue weighted by atomic mass is 10.1. The number of amides is 1. The van der Waals surface area contributed by atoms with E-state index in [1.165, 1.54) is 0 Å². The molecule has 0 aliphatic heterocycles.